The molecule has 1 saturated carbocycles. The third-order valence-corrected chi connectivity index (χ3v) is 7.83. The van der Waals surface area contributed by atoms with E-state index in [9.17, 15) is 8.42 Å². The van der Waals surface area contributed by atoms with Crippen LogP contribution in [0, 0.1) is 11.8 Å². The van der Waals surface area contributed by atoms with Crippen molar-refractivity contribution in [3.63, 3.8) is 0 Å². The molecule has 3 unspecified atom stereocenters. The Hall–Kier alpha value is 0.0500. The SMILES string of the molecule is CC1CCC(NS(=O)(=O)c2cc(CO)sc2Br)CC1C. The molecule has 1 aliphatic rings. The predicted molar refractivity (Wildman–Crippen MR) is 84.2 cm³/mol. The van der Waals surface area contributed by atoms with Gasteiger partial charge < -0.3 is 5.11 Å². The fraction of sp³-hybridized carbons (Fsp3) is 0.692. The first-order valence-electron chi connectivity index (χ1n) is 6.75. The van der Waals surface area contributed by atoms with Crippen molar-refractivity contribution < 1.29 is 13.5 Å². The van der Waals surface area contributed by atoms with Gasteiger partial charge in [0.2, 0.25) is 10.0 Å². The number of aliphatic hydroxyl groups excluding tert-OH is 1. The average molecular weight is 382 g/mol. The Balaban J connectivity index is 2.13. The maximum atomic E-state index is 12.4. The monoisotopic (exact) mass is 381 g/mol. The van der Waals surface area contributed by atoms with Gasteiger partial charge in [-0.15, -0.1) is 11.3 Å². The number of aliphatic hydroxyl groups is 1. The van der Waals surface area contributed by atoms with Crippen LogP contribution in [0.3, 0.4) is 0 Å². The lowest BCUT2D eigenvalue weighted by Gasteiger charge is -2.32. The molecule has 2 N–H and O–H groups in total. The molecule has 7 heteroatoms. The van der Waals surface area contributed by atoms with Gasteiger partial charge >= 0.3 is 0 Å². The Morgan fingerprint density at radius 3 is 2.65 bits per heavy atom. The number of sulfonamides is 1. The van der Waals surface area contributed by atoms with Crippen LogP contribution < -0.4 is 4.72 Å². The fourth-order valence-electron chi connectivity index (χ4n) is 2.60. The molecule has 0 saturated heterocycles. The molecule has 0 aliphatic heterocycles. The Labute approximate surface area is 132 Å². The van der Waals surface area contributed by atoms with E-state index in [1.165, 1.54) is 17.4 Å². The van der Waals surface area contributed by atoms with E-state index in [1.807, 2.05) is 0 Å². The van der Waals surface area contributed by atoms with E-state index in [2.05, 4.69) is 34.5 Å². The van der Waals surface area contributed by atoms with Crippen LogP contribution in [0.1, 0.15) is 38.0 Å². The summed E-state index contributed by atoms with van der Waals surface area (Å²) in [5.74, 6) is 1.19. The summed E-state index contributed by atoms with van der Waals surface area (Å²) in [7, 11) is -3.52. The van der Waals surface area contributed by atoms with Gasteiger partial charge in [0.1, 0.15) is 4.90 Å². The van der Waals surface area contributed by atoms with Gasteiger partial charge in [0, 0.05) is 10.9 Å². The first-order valence-corrected chi connectivity index (χ1v) is 9.84. The summed E-state index contributed by atoms with van der Waals surface area (Å²) in [6, 6.07) is 1.54. The molecule has 114 valence electrons. The first-order chi connectivity index (χ1) is 9.33. The van der Waals surface area contributed by atoms with Gasteiger partial charge in [0.05, 0.1) is 10.4 Å². The molecule has 0 radical (unpaired) electrons. The minimum atomic E-state index is -3.52. The lowest BCUT2D eigenvalue weighted by atomic mass is 9.79. The van der Waals surface area contributed by atoms with Gasteiger partial charge in [-0.2, -0.15) is 0 Å². The molecular weight excluding hydrogens is 362 g/mol. The van der Waals surface area contributed by atoms with Crippen molar-refractivity contribution in [2.75, 3.05) is 0 Å². The van der Waals surface area contributed by atoms with Crippen molar-refractivity contribution in [2.24, 2.45) is 11.8 Å². The van der Waals surface area contributed by atoms with Crippen LogP contribution in [0.25, 0.3) is 0 Å². The molecule has 4 nitrogen and oxygen atoms in total. The van der Waals surface area contributed by atoms with Crippen LogP contribution in [0.5, 0.6) is 0 Å². The maximum Gasteiger partial charge on any atom is 0.242 e. The topological polar surface area (TPSA) is 66.4 Å². The fourth-order valence-corrected chi connectivity index (χ4v) is 6.42. The molecule has 0 aromatic carbocycles. The van der Waals surface area contributed by atoms with Crippen molar-refractivity contribution in [3.8, 4) is 0 Å². The molecule has 1 aliphatic carbocycles. The van der Waals surface area contributed by atoms with Gasteiger partial charge in [-0.1, -0.05) is 13.8 Å². The lowest BCUT2D eigenvalue weighted by molar-refractivity contribution is 0.242. The lowest BCUT2D eigenvalue weighted by Crippen LogP contribution is -2.39. The number of hydrogen-bond acceptors (Lipinski definition) is 4. The van der Waals surface area contributed by atoms with Crippen LogP contribution in [-0.4, -0.2) is 19.6 Å². The summed E-state index contributed by atoms with van der Waals surface area (Å²) < 4.78 is 28.2. The second kappa shape index (κ2) is 6.44. The summed E-state index contributed by atoms with van der Waals surface area (Å²) in [6.45, 7) is 4.25. The van der Waals surface area contributed by atoms with Gasteiger partial charge in [-0.05, 0) is 53.1 Å². The molecule has 1 heterocycles. The highest BCUT2D eigenvalue weighted by molar-refractivity contribution is 9.11. The Kier molecular flexibility index (Phi) is 5.29. The van der Waals surface area contributed by atoms with Gasteiger partial charge in [-0.25, -0.2) is 13.1 Å². The molecule has 2 rings (SSSR count). The third kappa shape index (κ3) is 3.62. The quantitative estimate of drug-likeness (QED) is 0.841. The number of nitrogens with one attached hydrogen (secondary N) is 1. The number of hydrogen-bond donors (Lipinski definition) is 2. The van der Waals surface area contributed by atoms with Crippen molar-refractivity contribution in [3.05, 3.63) is 14.7 Å². The summed E-state index contributed by atoms with van der Waals surface area (Å²) >= 11 is 4.52. The predicted octanol–water partition coefficient (Wildman–Crippen LogP) is 3.11. The molecule has 1 aromatic heterocycles. The van der Waals surface area contributed by atoms with E-state index in [4.69, 9.17) is 5.11 Å². The number of halogens is 1. The van der Waals surface area contributed by atoms with E-state index in [0.29, 0.717) is 20.5 Å². The van der Waals surface area contributed by atoms with Crippen molar-refractivity contribution in [2.45, 2.75) is 50.7 Å². The second-order valence-electron chi connectivity index (χ2n) is 5.59. The second-order valence-corrected chi connectivity index (χ2v) is 9.73. The highest BCUT2D eigenvalue weighted by atomic mass is 79.9. The van der Waals surface area contributed by atoms with Crippen molar-refractivity contribution in [1.82, 2.24) is 4.72 Å². The molecule has 20 heavy (non-hydrogen) atoms. The van der Waals surface area contributed by atoms with E-state index in [-0.39, 0.29) is 17.5 Å². The molecule has 1 aromatic rings. The Morgan fingerprint density at radius 1 is 1.40 bits per heavy atom. The maximum absolute atomic E-state index is 12.4. The first kappa shape index (κ1) is 16.4. The highest BCUT2D eigenvalue weighted by Gasteiger charge is 2.29. The van der Waals surface area contributed by atoms with Gasteiger partial charge in [-0.3, -0.25) is 0 Å². The zero-order chi connectivity index (χ0) is 14.9. The van der Waals surface area contributed by atoms with Crippen LogP contribution in [-0.2, 0) is 16.6 Å². The Morgan fingerprint density at radius 2 is 2.10 bits per heavy atom. The largest absolute Gasteiger partial charge is 0.391 e. The average Bonchev–Trinajstić information content (AvgIpc) is 2.76. The summed E-state index contributed by atoms with van der Waals surface area (Å²) in [4.78, 5) is 0.876. The summed E-state index contributed by atoms with van der Waals surface area (Å²) in [5, 5.41) is 9.10. The summed E-state index contributed by atoms with van der Waals surface area (Å²) in [5.41, 5.74) is 0. The summed E-state index contributed by atoms with van der Waals surface area (Å²) in [6.07, 6.45) is 2.83. The van der Waals surface area contributed by atoms with Gasteiger partial charge in [0.25, 0.3) is 0 Å². The highest BCUT2D eigenvalue weighted by Crippen LogP contribution is 2.34. The van der Waals surface area contributed by atoms with E-state index < -0.39 is 10.0 Å². The van der Waals surface area contributed by atoms with Crippen molar-refractivity contribution in [1.29, 1.82) is 0 Å². The molecule has 0 amide bonds. The standard InChI is InChI=1S/C13H20BrNO3S2/c1-8-3-4-10(5-9(8)2)15-20(17,18)12-6-11(7-16)19-13(12)14/h6,8-10,15-16H,3-5,7H2,1-2H3. The van der Waals surface area contributed by atoms with Gasteiger partial charge in [0.15, 0.2) is 0 Å². The Bertz CT molecular complexity index is 570. The van der Waals surface area contributed by atoms with E-state index >= 15 is 0 Å². The minimum Gasteiger partial charge on any atom is -0.391 e. The number of rotatable bonds is 4. The van der Waals surface area contributed by atoms with Crippen LogP contribution in [0.4, 0.5) is 0 Å². The number of thiophene rings is 1. The zero-order valence-electron chi connectivity index (χ0n) is 11.6. The normalized spacial score (nSPS) is 27.7. The van der Waals surface area contributed by atoms with Crippen LogP contribution in [0.15, 0.2) is 14.7 Å². The van der Waals surface area contributed by atoms with Crippen LogP contribution in [0.2, 0.25) is 0 Å². The van der Waals surface area contributed by atoms with Crippen molar-refractivity contribution >= 4 is 37.3 Å². The zero-order valence-corrected chi connectivity index (χ0v) is 14.8. The molecule has 0 bridgehead atoms. The molecular formula is C13H20BrNO3S2. The van der Waals surface area contributed by atoms with E-state index in [1.54, 1.807) is 0 Å². The minimum absolute atomic E-state index is 0.00979. The van der Waals surface area contributed by atoms with Crippen LogP contribution >= 0.6 is 27.3 Å². The molecule has 0 spiro atoms. The smallest absolute Gasteiger partial charge is 0.242 e. The molecule has 3 atom stereocenters. The third-order valence-electron chi connectivity index (χ3n) is 4.07. The van der Waals surface area contributed by atoms with E-state index in [0.717, 1.165) is 19.3 Å². The molecule has 1 fully saturated rings.